The summed E-state index contributed by atoms with van der Waals surface area (Å²) in [5.74, 6) is 1.12. The quantitative estimate of drug-likeness (QED) is 0.682. The topological polar surface area (TPSA) is 75.5 Å². The standard InChI is InChI=1S/C23H34N4O3S/c1-31(29,30)18-22-24-20-10-5-6-11-21(20)27(22)17-23(28)26-13-7-12-25(14-15-26)16-19-8-3-2-4-9-19/h5-6,10-11,19H,2-4,7-9,12-18H2,1H3. The molecule has 8 heteroatoms. The van der Waals surface area contributed by atoms with E-state index in [0.717, 1.165) is 56.1 Å². The Hall–Kier alpha value is -1.93. The molecule has 1 aliphatic heterocycles. The second-order valence-corrected chi connectivity index (χ2v) is 11.4. The Balaban J connectivity index is 1.43. The number of nitrogens with zero attached hydrogens (tertiary/aromatic N) is 4. The summed E-state index contributed by atoms with van der Waals surface area (Å²) in [7, 11) is -3.25. The van der Waals surface area contributed by atoms with Crippen molar-refractivity contribution >= 4 is 26.8 Å². The Kier molecular flexibility index (Phi) is 6.96. The number of sulfone groups is 1. The summed E-state index contributed by atoms with van der Waals surface area (Å²) < 4.78 is 25.6. The van der Waals surface area contributed by atoms with E-state index in [0.29, 0.717) is 5.82 Å². The summed E-state index contributed by atoms with van der Waals surface area (Å²) in [6.45, 7) is 4.76. The summed E-state index contributed by atoms with van der Waals surface area (Å²) in [5.41, 5.74) is 1.53. The molecular formula is C23H34N4O3S. The number of amides is 1. The molecule has 170 valence electrons. The first-order valence-corrected chi connectivity index (χ1v) is 13.6. The third-order valence-corrected chi connectivity index (χ3v) is 7.38. The SMILES string of the molecule is CS(=O)(=O)Cc1nc2ccccc2n1CC(=O)N1CCCN(CC2CCCCC2)CC1. The van der Waals surface area contributed by atoms with Crippen LogP contribution in [0.5, 0.6) is 0 Å². The fourth-order valence-corrected chi connectivity index (χ4v) is 5.71. The van der Waals surface area contributed by atoms with Gasteiger partial charge >= 0.3 is 0 Å². The van der Waals surface area contributed by atoms with E-state index in [9.17, 15) is 13.2 Å². The molecule has 7 nitrogen and oxygen atoms in total. The lowest BCUT2D eigenvalue weighted by molar-refractivity contribution is -0.131. The lowest BCUT2D eigenvalue weighted by Gasteiger charge is -2.28. The first-order chi connectivity index (χ1) is 14.9. The van der Waals surface area contributed by atoms with Gasteiger partial charge in [0.05, 0.1) is 11.0 Å². The van der Waals surface area contributed by atoms with Crippen molar-refractivity contribution < 1.29 is 13.2 Å². The highest BCUT2D eigenvalue weighted by Gasteiger charge is 2.24. The molecule has 0 spiro atoms. The van der Waals surface area contributed by atoms with Gasteiger partial charge in [0, 0.05) is 32.4 Å². The molecule has 0 radical (unpaired) electrons. The minimum Gasteiger partial charge on any atom is -0.340 e. The van der Waals surface area contributed by atoms with Gasteiger partial charge in [-0.15, -0.1) is 0 Å². The number of hydrogen-bond acceptors (Lipinski definition) is 5. The fourth-order valence-electron chi connectivity index (χ4n) is 5.02. The number of carbonyl (C=O) groups is 1. The maximum absolute atomic E-state index is 13.2. The van der Waals surface area contributed by atoms with Crippen molar-refractivity contribution in [2.24, 2.45) is 5.92 Å². The van der Waals surface area contributed by atoms with Crippen LogP contribution in [-0.2, 0) is 26.9 Å². The number of fused-ring (bicyclic) bond motifs is 1. The van der Waals surface area contributed by atoms with E-state index in [4.69, 9.17) is 0 Å². The van der Waals surface area contributed by atoms with Crippen molar-refractivity contribution in [1.29, 1.82) is 0 Å². The van der Waals surface area contributed by atoms with Gasteiger partial charge in [0.15, 0.2) is 9.84 Å². The molecule has 1 saturated carbocycles. The maximum atomic E-state index is 13.2. The average Bonchev–Trinajstić information content (AvgIpc) is 2.90. The number of para-hydroxylation sites is 2. The lowest BCUT2D eigenvalue weighted by Crippen LogP contribution is -2.38. The van der Waals surface area contributed by atoms with E-state index in [-0.39, 0.29) is 18.2 Å². The summed E-state index contributed by atoms with van der Waals surface area (Å²) in [4.78, 5) is 22.2. The predicted molar refractivity (Wildman–Crippen MR) is 122 cm³/mol. The van der Waals surface area contributed by atoms with Gasteiger partial charge in [0.1, 0.15) is 18.1 Å². The van der Waals surface area contributed by atoms with Crippen molar-refractivity contribution in [1.82, 2.24) is 19.4 Å². The summed E-state index contributed by atoms with van der Waals surface area (Å²) >= 11 is 0. The van der Waals surface area contributed by atoms with E-state index in [1.165, 1.54) is 38.4 Å². The molecule has 31 heavy (non-hydrogen) atoms. The van der Waals surface area contributed by atoms with Crippen molar-refractivity contribution in [2.75, 3.05) is 39.0 Å². The molecule has 2 aromatic rings. The van der Waals surface area contributed by atoms with Crippen LogP contribution in [0.4, 0.5) is 0 Å². The summed E-state index contributed by atoms with van der Waals surface area (Å²) in [6.07, 6.45) is 8.97. The normalized spacial score (nSPS) is 19.6. The minimum absolute atomic E-state index is 0.0393. The Morgan fingerprint density at radius 3 is 2.58 bits per heavy atom. The van der Waals surface area contributed by atoms with E-state index in [1.807, 2.05) is 29.2 Å². The van der Waals surface area contributed by atoms with Crippen LogP contribution in [-0.4, -0.2) is 72.7 Å². The molecule has 0 N–H and O–H groups in total. The number of rotatable bonds is 6. The smallest absolute Gasteiger partial charge is 0.242 e. The highest BCUT2D eigenvalue weighted by atomic mass is 32.2. The van der Waals surface area contributed by atoms with Gasteiger partial charge in [-0.25, -0.2) is 13.4 Å². The maximum Gasteiger partial charge on any atom is 0.242 e. The van der Waals surface area contributed by atoms with Crippen LogP contribution in [0.1, 0.15) is 44.3 Å². The molecule has 1 aromatic heterocycles. The molecule has 1 saturated heterocycles. The number of carbonyl (C=O) groups excluding carboxylic acids is 1. The van der Waals surface area contributed by atoms with Crippen molar-refractivity contribution in [2.45, 2.75) is 50.8 Å². The molecular weight excluding hydrogens is 412 g/mol. The molecule has 2 aliphatic rings. The highest BCUT2D eigenvalue weighted by Crippen LogP contribution is 2.25. The molecule has 4 rings (SSSR count). The van der Waals surface area contributed by atoms with Crippen LogP contribution >= 0.6 is 0 Å². The Morgan fingerprint density at radius 1 is 1.03 bits per heavy atom. The Bertz CT molecular complexity index is 1010. The molecule has 0 unspecified atom stereocenters. The number of hydrogen-bond donors (Lipinski definition) is 0. The largest absolute Gasteiger partial charge is 0.340 e. The lowest BCUT2D eigenvalue weighted by atomic mass is 9.89. The van der Waals surface area contributed by atoms with E-state index >= 15 is 0 Å². The van der Waals surface area contributed by atoms with Crippen LogP contribution in [0, 0.1) is 5.92 Å². The zero-order chi connectivity index (χ0) is 21.8. The van der Waals surface area contributed by atoms with Crippen LogP contribution in [0.25, 0.3) is 11.0 Å². The second-order valence-electron chi connectivity index (χ2n) is 9.21. The minimum atomic E-state index is -3.25. The van der Waals surface area contributed by atoms with Crippen LogP contribution < -0.4 is 0 Å². The van der Waals surface area contributed by atoms with Gasteiger partial charge in [-0.2, -0.15) is 0 Å². The van der Waals surface area contributed by atoms with Crippen molar-refractivity contribution in [3.8, 4) is 0 Å². The molecule has 1 amide bonds. The van der Waals surface area contributed by atoms with Crippen LogP contribution in [0.2, 0.25) is 0 Å². The van der Waals surface area contributed by atoms with E-state index < -0.39 is 9.84 Å². The zero-order valence-corrected chi connectivity index (χ0v) is 19.3. The van der Waals surface area contributed by atoms with Gasteiger partial charge in [0.25, 0.3) is 0 Å². The Labute approximate surface area is 185 Å². The second kappa shape index (κ2) is 9.69. The van der Waals surface area contributed by atoms with Crippen LogP contribution in [0.3, 0.4) is 0 Å². The van der Waals surface area contributed by atoms with Gasteiger partial charge in [0.2, 0.25) is 5.91 Å². The number of benzene rings is 1. The van der Waals surface area contributed by atoms with E-state index in [1.54, 1.807) is 4.57 Å². The summed E-state index contributed by atoms with van der Waals surface area (Å²) in [6, 6.07) is 7.53. The molecule has 2 heterocycles. The first-order valence-electron chi connectivity index (χ1n) is 11.5. The molecule has 0 bridgehead atoms. The van der Waals surface area contributed by atoms with Gasteiger partial charge in [-0.1, -0.05) is 31.4 Å². The van der Waals surface area contributed by atoms with E-state index in [2.05, 4.69) is 9.88 Å². The Morgan fingerprint density at radius 2 is 1.81 bits per heavy atom. The third-order valence-electron chi connectivity index (χ3n) is 6.60. The molecule has 2 fully saturated rings. The van der Waals surface area contributed by atoms with Gasteiger partial charge in [-0.05, 0) is 43.9 Å². The zero-order valence-electron chi connectivity index (χ0n) is 18.5. The monoisotopic (exact) mass is 446 g/mol. The molecule has 1 aliphatic carbocycles. The predicted octanol–water partition coefficient (Wildman–Crippen LogP) is 2.70. The van der Waals surface area contributed by atoms with Crippen molar-refractivity contribution in [3.05, 3.63) is 30.1 Å². The molecule has 1 aromatic carbocycles. The average molecular weight is 447 g/mol. The number of imidazole rings is 1. The summed E-state index contributed by atoms with van der Waals surface area (Å²) in [5, 5.41) is 0. The van der Waals surface area contributed by atoms with Gasteiger partial charge in [-0.3, -0.25) is 4.79 Å². The van der Waals surface area contributed by atoms with Crippen LogP contribution in [0.15, 0.2) is 24.3 Å². The fraction of sp³-hybridized carbons (Fsp3) is 0.652. The van der Waals surface area contributed by atoms with Crippen molar-refractivity contribution in [3.63, 3.8) is 0 Å². The van der Waals surface area contributed by atoms with Gasteiger partial charge < -0.3 is 14.4 Å². The highest BCUT2D eigenvalue weighted by molar-refractivity contribution is 7.89. The molecule has 0 atom stereocenters. The third kappa shape index (κ3) is 5.86. The first kappa shape index (κ1) is 22.3. The number of aromatic nitrogens is 2.